The number of unbranched alkanes of at least 4 members (excludes halogenated alkanes) is 3. The van der Waals surface area contributed by atoms with Crippen molar-refractivity contribution in [2.24, 2.45) is 0 Å². The molecule has 1 rings (SSSR count). The molecule has 104 valence electrons. The van der Waals surface area contributed by atoms with Crippen LogP contribution in [-0.4, -0.2) is 25.4 Å². The molecule has 1 aromatic rings. The summed E-state index contributed by atoms with van der Waals surface area (Å²) >= 11 is 0. The van der Waals surface area contributed by atoms with E-state index in [1.165, 1.54) is 0 Å². The van der Waals surface area contributed by atoms with Gasteiger partial charge in [-0.15, -0.1) is 0 Å². The summed E-state index contributed by atoms with van der Waals surface area (Å²) in [6.07, 6.45) is 4.23. The van der Waals surface area contributed by atoms with Gasteiger partial charge in [-0.1, -0.05) is 18.9 Å². The van der Waals surface area contributed by atoms with Gasteiger partial charge in [0.25, 0.3) is 0 Å². The number of benzene rings is 1. The summed E-state index contributed by atoms with van der Waals surface area (Å²) in [5.41, 5.74) is 1.66. The minimum Gasteiger partial charge on any atom is -0.495 e. The smallest absolute Gasteiger partial charge is 0.136 e. The Hall–Kier alpha value is -1.57. The Kier molecular flexibility index (Phi) is 7.64. The highest BCUT2D eigenvalue weighted by molar-refractivity contribution is 5.45. The number of nitriles is 1. The summed E-state index contributed by atoms with van der Waals surface area (Å²) in [6, 6.07) is 7.79. The van der Waals surface area contributed by atoms with E-state index in [9.17, 15) is 0 Å². The molecule has 0 atom stereocenters. The molecular weight excluding hydrogens is 240 g/mol. The van der Waals surface area contributed by atoms with Gasteiger partial charge in [-0.05, 0) is 37.1 Å². The quantitative estimate of drug-likeness (QED) is 0.670. The van der Waals surface area contributed by atoms with Gasteiger partial charge in [0.05, 0.1) is 12.7 Å². The lowest BCUT2D eigenvalue weighted by molar-refractivity contribution is 0.282. The summed E-state index contributed by atoms with van der Waals surface area (Å²) in [5.74, 6) is 0.621. The molecule has 0 fully saturated rings. The van der Waals surface area contributed by atoms with Crippen molar-refractivity contribution in [2.75, 3.05) is 20.3 Å². The van der Waals surface area contributed by atoms with E-state index in [1.807, 2.05) is 18.2 Å². The second-order valence-electron chi connectivity index (χ2n) is 4.46. The first-order valence-corrected chi connectivity index (χ1v) is 6.70. The summed E-state index contributed by atoms with van der Waals surface area (Å²) < 4.78 is 5.11. The van der Waals surface area contributed by atoms with Crippen molar-refractivity contribution < 1.29 is 9.84 Å². The third-order valence-electron chi connectivity index (χ3n) is 2.98. The molecule has 0 heterocycles. The average molecular weight is 262 g/mol. The summed E-state index contributed by atoms with van der Waals surface area (Å²) in [5, 5.41) is 21.0. The maximum absolute atomic E-state index is 9.00. The number of aliphatic hydroxyl groups excluding tert-OH is 1. The Morgan fingerprint density at radius 2 is 2.05 bits per heavy atom. The molecule has 0 spiro atoms. The maximum Gasteiger partial charge on any atom is 0.136 e. The number of ether oxygens (including phenoxy) is 1. The molecule has 0 saturated carbocycles. The molecule has 2 N–H and O–H groups in total. The van der Waals surface area contributed by atoms with Crippen LogP contribution in [0.4, 0.5) is 0 Å². The van der Waals surface area contributed by atoms with Gasteiger partial charge in [-0.3, -0.25) is 0 Å². The highest BCUT2D eigenvalue weighted by Gasteiger charge is 2.03. The van der Waals surface area contributed by atoms with Gasteiger partial charge in [-0.25, -0.2) is 0 Å². The van der Waals surface area contributed by atoms with Crippen LogP contribution < -0.4 is 10.1 Å². The molecule has 1 aromatic carbocycles. The van der Waals surface area contributed by atoms with Crippen molar-refractivity contribution in [2.45, 2.75) is 32.2 Å². The van der Waals surface area contributed by atoms with Gasteiger partial charge in [-0.2, -0.15) is 5.26 Å². The standard InChI is InChI=1S/C15H22N2O2/c1-19-15-7-6-13(10-14(15)11-16)12-17-8-4-2-3-5-9-18/h6-7,10,17-18H,2-5,8-9,12H2,1H3. The van der Waals surface area contributed by atoms with E-state index in [2.05, 4.69) is 11.4 Å². The fraction of sp³-hybridized carbons (Fsp3) is 0.533. The van der Waals surface area contributed by atoms with Crippen LogP contribution in [0.25, 0.3) is 0 Å². The van der Waals surface area contributed by atoms with Crippen LogP contribution in [0.2, 0.25) is 0 Å². The SMILES string of the molecule is COc1ccc(CNCCCCCCO)cc1C#N. The molecule has 0 unspecified atom stereocenters. The number of hydrogen-bond donors (Lipinski definition) is 2. The van der Waals surface area contributed by atoms with Crippen LogP contribution in [0, 0.1) is 11.3 Å². The molecule has 0 aliphatic heterocycles. The van der Waals surface area contributed by atoms with Gasteiger partial charge in [0.2, 0.25) is 0 Å². The van der Waals surface area contributed by atoms with E-state index in [1.54, 1.807) is 7.11 Å². The van der Waals surface area contributed by atoms with E-state index >= 15 is 0 Å². The Morgan fingerprint density at radius 1 is 1.26 bits per heavy atom. The van der Waals surface area contributed by atoms with E-state index < -0.39 is 0 Å². The zero-order valence-electron chi connectivity index (χ0n) is 11.5. The Balaban J connectivity index is 2.28. The van der Waals surface area contributed by atoms with Crippen molar-refractivity contribution in [3.8, 4) is 11.8 Å². The first-order valence-electron chi connectivity index (χ1n) is 6.70. The number of rotatable bonds is 9. The van der Waals surface area contributed by atoms with Gasteiger partial charge < -0.3 is 15.2 Å². The number of nitrogens with one attached hydrogen (secondary N) is 1. The number of methoxy groups -OCH3 is 1. The predicted octanol–water partition coefficient (Wildman–Crippen LogP) is 2.21. The fourth-order valence-corrected chi connectivity index (χ4v) is 1.90. The highest BCUT2D eigenvalue weighted by Crippen LogP contribution is 2.18. The minimum absolute atomic E-state index is 0.288. The average Bonchev–Trinajstić information content (AvgIpc) is 2.46. The van der Waals surface area contributed by atoms with E-state index in [0.717, 1.165) is 44.3 Å². The second kappa shape index (κ2) is 9.37. The number of nitrogens with zero attached hydrogens (tertiary/aromatic N) is 1. The summed E-state index contributed by atoms with van der Waals surface area (Å²) in [6.45, 7) is 2.01. The molecule has 4 heteroatoms. The third kappa shape index (κ3) is 5.73. The molecule has 0 radical (unpaired) electrons. The Labute approximate surface area is 115 Å². The molecule has 0 bridgehead atoms. The normalized spacial score (nSPS) is 10.2. The topological polar surface area (TPSA) is 65.3 Å². The van der Waals surface area contributed by atoms with E-state index in [0.29, 0.717) is 11.3 Å². The van der Waals surface area contributed by atoms with Gasteiger partial charge in [0.15, 0.2) is 0 Å². The minimum atomic E-state index is 0.288. The van der Waals surface area contributed by atoms with Crippen LogP contribution in [0.5, 0.6) is 5.75 Å². The highest BCUT2D eigenvalue weighted by atomic mass is 16.5. The molecule has 19 heavy (non-hydrogen) atoms. The van der Waals surface area contributed by atoms with Crippen LogP contribution in [0.1, 0.15) is 36.8 Å². The molecule has 0 aliphatic carbocycles. The first-order chi connectivity index (χ1) is 9.31. The van der Waals surface area contributed by atoms with Crippen molar-refractivity contribution in [3.05, 3.63) is 29.3 Å². The zero-order valence-corrected chi connectivity index (χ0v) is 11.5. The summed E-state index contributed by atoms with van der Waals surface area (Å²) in [7, 11) is 1.57. The molecular formula is C15H22N2O2. The monoisotopic (exact) mass is 262 g/mol. The number of aliphatic hydroxyl groups is 1. The fourth-order valence-electron chi connectivity index (χ4n) is 1.90. The number of hydrogen-bond acceptors (Lipinski definition) is 4. The van der Waals surface area contributed by atoms with Crippen LogP contribution >= 0.6 is 0 Å². The van der Waals surface area contributed by atoms with Crippen LogP contribution in [-0.2, 0) is 6.54 Å². The zero-order chi connectivity index (χ0) is 13.9. The van der Waals surface area contributed by atoms with Crippen LogP contribution in [0.15, 0.2) is 18.2 Å². The third-order valence-corrected chi connectivity index (χ3v) is 2.98. The second-order valence-corrected chi connectivity index (χ2v) is 4.46. The van der Waals surface area contributed by atoms with Crippen molar-refractivity contribution in [3.63, 3.8) is 0 Å². The van der Waals surface area contributed by atoms with Gasteiger partial charge in [0, 0.05) is 13.2 Å². The molecule has 0 aliphatic rings. The summed E-state index contributed by atoms with van der Waals surface area (Å²) in [4.78, 5) is 0. The van der Waals surface area contributed by atoms with Crippen molar-refractivity contribution in [1.29, 1.82) is 5.26 Å². The molecule has 0 amide bonds. The van der Waals surface area contributed by atoms with Gasteiger partial charge in [0.1, 0.15) is 11.8 Å². The predicted molar refractivity (Wildman–Crippen MR) is 75.0 cm³/mol. The lowest BCUT2D eigenvalue weighted by atomic mass is 10.1. The molecule has 0 saturated heterocycles. The van der Waals surface area contributed by atoms with Crippen molar-refractivity contribution >= 4 is 0 Å². The first kappa shape index (κ1) is 15.5. The lowest BCUT2D eigenvalue weighted by Gasteiger charge is -2.07. The van der Waals surface area contributed by atoms with E-state index in [4.69, 9.17) is 15.1 Å². The maximum atomic E-state index is 9.00. The molecule has 4 nitrogen and oxygen atoms in total. The largest absolute Gasteiger partial charge is 0.495 e. The molecule has 0 aromatic heterocycles. The van der Waals surface area contributed by atoms with Crippen LogP contribution in [0.3, 0.4) is 0 Å². The van der Waals surface area contributed by atoms with Crippen molar-refractivity contribution in [1.82, 2.24) is 5.32 Å². The lowest BCUT2D eigenvalue weighted by Crippen LogP contribution is -2.14. The Morgan fingerprint density at radius 3 is 2.74 bits per heavy atom. The van der Waals surface area contributed by atoms with E-state index in [-0.39, 0.29) is 6.61 Å². The Bertz CT molecular complexity index is 413. The van der Waals surface area contributed by atoms with Gasteiger partial charge >= 0.3 is 0 Å².